The van der Waals surface area contributed by atoms with Gasteiger partial charge in [0.25, 0.3) is 5.91 Å². The number of carbonyl (C=O) groups is 1. The van der Waals surface area contributed by atoms with E-state index in [4.69, 9.17) is 27.6 Å². The molecular formula is C26H30Cl2N2O2. The topological polar surface area (TPSA) is 45.5 Å². The number of aryl methyl sites for hydroxylation is 1. The normalized spacial score (nSPS) is 11.7. The van der Waals surface area contributed by atoms with Crippen molar-refractivity contribution in [3.63, 3.8) is 0 Å². The minimum absolute atomic E-state index is 0.0576. The quantitative estimate of drug-likeness (QED) is 0.398. The molecule has 0 bridgehead atoms. The summed E-state index contributed by atoms with van der Waals surface area (Å²) in [5.74, 6) is 0.839. The van der Waals surface area contributed by atoms with Gasteiger partial charge in [-0.3, -0.25) is 9.69 Å². The Labute approximate surface area is 200 Å². The first kappa shape index (κ1) is 24.4. The largest absolute Gasteiger partial charge is 0.455 e. The molecule has 1 N–H and O–H groups in total. The van der Waals surface area contributed by atoms with Crippen molar-refractivity contribution in [2.75, 3.05) is 6.54 Å². The first-order valence-corrected chi connectivity index (χ1v) is 11.5. The lowest BCUT2D eigenvalue weighted by atomic mass is 10.0. The molecule has 0 atom stereocenters. The van der Waals surface area contributed by atoms with E-state index >= 15 is 0 Å². The van der Waals surface area contributed by atoms with E-state index in [2.05, 4.69) is 62.2 Å². The second-order valence-electron chi connectivity index (χ2n) is 9.02. The fourth-order valence-corrected chi connectivity index (χ4v) is 3.84. The molecule has 6 heteroatoms. The van der Waals surface area contributed by atoms with Crippen molar-refractivity contribution in [2.45, 2.75) is 52.7 Å². The summed E-state index contributed by atoms with van der Waals surface area (Å²) in [5, 5.41) is 4.09. The van der Waals surface area contributed by atoms with Crippen LogP contribution in [0.5, 0.6) is 0 Å². The fraction of sp³-hybridized carbons (Fsp3) is 0.346. The molecule has 1 heterocycles. The Morgan fingerprint density at radius 3 is 2.38 bits per heavy atom. The molecule has 1 amide bonds. The maximum absolute atomic E-state index is 12.5. The molecular weight excluding hydrogens is 443 g/mol. The number of furan rings is 1. The third-order valence-corrected chi connectivity index (χ3v) is 5.96. The highest BCUT2D eigenvalue weighted by Gasteiger charge is 2.23. The van der Waals surface area contributed by atoms with Gasteiger partial charge in [0, 0.05) is 28.7 Å². The molecule has 0 fully saturated rings. The molecule has 0 radical (unpaired) electrons. The van der Waals surface area contributed by atoms with Crippen molar-refractivity contribution in [2.24, 2.45) is 0 Å². The zero-order chi connectivity index (χ0) is 23.3. The number of hydrogen-bond donors (Lipinski definition) is 1. The number of halogens is 2. The minimum atomic E-state index is -0.234. The summed E-state index contributed by atoms with van der Waals surface area (Å²) in [5.41, 5.74) is 3.37. The summed E-state index contributed by atoms with van der Waals surface area (Å²) in [6.07, 6.45) is 0.615. The first-order valence-electron chi connectivity index (χ1n) is 10.7. The van der Waals surface area contributed by atoms with E-state index in [9.17, 15) is 4.79 Å². The average Bonchev–Trinajstić information content (AvgIpc) is 3.19. The van der Waals surface area contributed by atoms with E-state index in [1.165, 1.54) is 11.1 Å². The van der Waals surface area contributed by atoms with Crippen LogP contribution in [0, 0.1) is 6.92 Å². The number of amides is 1. The molecule has 0 saturated carbocycles. The van der Waals surface area contributed by atoms with Crippen LogP contribution in [-0.2, 0) is 19.5 Å². The fourth-order valence-electron chi connectivity index (χ4n) is 3.34. The number of rotatable bonds is 8. The van der Waals surface area contributed by atoms with Gasteiger partial charge in [0.05, 0.1) is 6.54 Å². The SMILES string of the molecule is Cc1ccc(CN(Cc2ccc(C(=O)NCCc3ccc(Cl)cc3Cl)o2)C(C)(C)C)cc1. The number of nitrogens with zero attached hydrogens (tertiary/aromatic N) is 1. The molecule has 32 heavy (non-hydrogen) atoms. The molecule has 3 aromatic rings. The van der Waals surface area contributed by atoms with E-state index in [-0.39, 0.29) is 11.4 Å². The second kappa shape index (κ2) is 10.6. The Kier molecular flexibility index (Phi) is 8.05. The van der Waals surface area contributed by atoms with E-state index in [1.54, 1.807) is 18.2 Å². The lowest BCUT2D eigenvalue weighted by Gasteiger charge is -2.35. The van der Waals surface area contributed by atoms with Crippen LogP contribution >= 0.6 is 23.2 Å². The van der Waals surface area contributed by atoms with Crippen LogP contribution in [0.3, 0.4) is 0 Å². The Balaban J connectivity index is 1.58. The summed E-state index contributed by atoms with van der Waals surface area (Å²) in [6.45, 7) is 10.5. The lowest BCUT2D eigenvalue weighted by molar-refractivity contribution is 0.0906. The van der Waals surface area contributed by atoms with Gasteiger partial charge in [-0.05, 0) is 69.5 Å². The summed E-state index contributed by atoms with van der Waals surface area (Å²) in [6, 6.07) is 17.5. The zero-order valence-corrected chi connectivity index (χ0v) is 20.6. The molecule has 1 aromatic heterocycles. The highest BCUT2D eigenvalue weighted by molar-refractivity contribution is 6.35. The highest BCUT2D eigenvalue weighted by atomic mass is 35.5. The van der Waals surface area contributed by atoms with Gasteiger partial charge in [0.1, 0.15) is 5.76 Å². The van der Waals surface area contributed by atoms with Gasteiger partial charge in [-0.25, -0.2) is 0 Å². The Morgan fingerprint density at radius 2 is 1.72 bits per heavy atom. The van der Waals surface area contributed by atoms with Crippen molar-refractivity contribution >= 4 is 29.1 Å². The number of benzene rings is 2. The Morgan fingerprint density at radius 1 is 1.00 bits per heavy atom. The number of nitrogens with one attached hydrogen (secondary N) is 1. The van der Waals surface area contributed by atoms with Gasteiger partial charge < -0.3 is 9.73 Å². The molecule has 0 unspecified atom stereocenters. The van der Waals surface area contributed by atoms with Crippen LogP contribution in [-0.4, -0.2) is 22.9 Å². The first-order chi connectivity index (χ1) is 15.1. The van der Waals surface area contributed by atoms with Gasteiger partial charge >= 0.3 is 0 Å². The molecule has 2 aromatic carbocycles. The van der Waals surface area contributed by atoms with Crippen LogP contribution < -0.4 is 5.32 Å². The van der Waals surface area contributed by atoms with E-state index in [1.807, 2.05) is 12.1 Å². The molecule has 170 valence electrons. The predicted molar refractivity (Wildman–Crippen MR) is 131 cm³/mol. The van der Waals surface area contributed by atoms with Crippen molar-refractivity contribution in [3.05, 3.63) is 92.9 Å². The number of hydrogen-bond acceptors (Lipinski definition) is 3. The molecule has 4 nitrogen and oxygen atoms in total. The zero-order valence-electron chi connectivity index (χ0n) is 19.0. The standard InChI is InChI=1S/C26H30Cl2N2O2/c1-18-5-7-19(8-6-18)16-30(26(2,3)4)17-22-11-12-24(32-22)25(31)29-14-13-20-9-10-21(27)15-23(20)28/h5-12,15H,13-14,16-17H2,1-4H3,(H,29,31). The van der Waals surface area contributed by atoms with Gasteiger partial charge in [0.15, 0.2) is 5.76 Å². The van der Waals surface area contributed by atoms with Crippen LogP contribution in [0.2, 0.25) is 10.0 Å². The smallest absolute Gasteiger partial charge is 0.287 e. The third-order valence-electron chi connectivity index (χ3n) is 5.37. The van der Waals surface area contributed by atoms with Gasteiger partial charge in [-0.15, -0.1) is 0 Å². The van der Waals surface area contributed by atoms with Crippen LogP contribution in [0.1, 0.15) is 53.8 Å². The van der Waals surface area contributed by atoms with E-state index < -0.39 is 0 Å². The maximum atomic E-state index is 12.5. The third kappa shape index (κ3) is 6.86. The van der Waals surface area contributed by atoms with Crippen molar-refractivity contribution < 1.29 is 9.21 Å². The lowest BCUT2D eigenvalue weighted by Crippen LogP contribution is -2.40. The summed E-state index contributed by atoms with van der Waals surface area (Å²) < 4.78 is 5.87. The molecule has 0 spiro atoms. The van der Waals surface area contributed by atoms with Gasteiger partial charge in [-0.2, -0.15) is 0 Å². The highest BCUT2D eigenvalue weighted by Crippen LogP contribution is 2.23. The molecule has 0 saturated heterocycles. The van der Waals surface area contributed by atoms with Gasteiger partial charge in [0.2, 0.25) is 0 Å². The van der Waals surface area contributed by atoms with Crippen LogP contribution in [0.15, 0.2) is 59.0 Å². The van der Waals surface area contributed by atoms with Gasteiger partial charge in [-0.1, -0.05) is 59.1 Å². The Bertz CT molecular complexity index is 1050. The summed E-state index contributed by atoms with van der Waals surface area (Å²) in [7, 11) is 0. The van der Waals surface area contributed by atoms with Crippen molar-refractivity contribution in [1.82, 2.24) is 10.2 Å². The monoisotopic (exact) mass is 472 g/mol. The molecule has 3 rings (SSSR count). The minimum Gasteiger partial charge on any atom is -0.455 e. The Hall–Kier alpha value is -2.27. The predicted octanol–water partition coefficient (Wildman–Crippen LogP) is 6.67. The summed E-state index contributed by atoms with van der Waals surface area (Å²) >= 11 is 12.1. The second-order valence-corrected chi connectivity index (χ2v) is 9.86. The molecule has 0 aliphatic carbocycles. The van der Waals surface area contributed by atoms with E-state index in [0.29, 0.717) is 35.3 Å². The molecule has 0 aliphatic heterocycles. The number of carbonyl (C=O) groups excluding carboxylic acids is 1. The molecule has 0 aliphatic rings. The van der Waals surface area contributed by atoms with E-state index in [0.717, 1.165) is 17.9 Å². The van der Waals surface area contributed by atoms with Crippen molar-refractivity contribution in [3.8, 4) is 0 Å². The van der Waals surface area contributed by atoms with Crippen molar-refractivity contribution in [1.29, 1.82) is 0 Å². The maximum Gasteiger partial charge on any atom is 0.287 e. The van der Waals surface area contributed by atoms with Crippen LogP contribution in [0.4, 0.5) is 0 Å². The summed E-state index contributed by atoms with van der Waals surface area (Å²) in [4.78, 5) is 14.9. The van der Waals surface area contributed by atoms with Crippen LogP contribution in [0.25, 0.3) is 0 Å². The average molecular weight is 473 g/mol.